The van der Waals surface area contributed by atoms with Crippen molar-refractivity contribution in [1.82, 2.24) is 4.90 Å². The molecule has 0 atom stereocenters. The van der Waals surface area contributed by atoms with Gasteiger partial charge >= 0.3 is 0 Å². The number of hydrogen-bond acceptors (Lipinski definition) is 3. The van der Waals surface area contributed by atoms with Crippen LogP contribution in [0.3, 0.4) is 0 Å². The Hall–Kier alpha value is -1.37. The summed E-state index contributed by atoms with van der Waals surface area (Å²) in [6.07, 6.45) is 13.2. The molecule has 0 aromatic carbocycles. The summed E-state index contributed by atoms with van der Waals surface area (Å²) in [6, 6.07) is 0. The smallest absolute Gasteiger partial charge is 0.222 e. The number of carbonyl (C=O) groups is 1. The maximum Gasteiger partial charge on any atom is 0.222 e. The average Bonchev–Trinajstić information content (AvgIpc) is 3.34. The molecule has 0 aromatic heterocycles. The fraction of sp³-hybridized carbons (Fsp3) is 0.800. The van der Waals surface area contributed by atoms with E-state index in [4.69, 9.17) is 6.42 Å². The van der Waals surface area contributed by atoms with Gasteiger partial charge in [-0.05, 0) is 31.1 Å². The van der Waals surface area contributed by atoms with Crippen molar-refractivity contribution in [2.75, 3.05) is 13.1 Å². The van der Waals surface area contributed by atoms with Gasteiger partial charge in [0.2, 0.25) is 5.91 Å². The van der Waals surface area contributed by atoms with Gasteiger partial charge in [-0.3, -0.25) is 4.79 Å². The first kappa shape index (κ1) is 12.7. The molecule has 0 unspecified atom stereocenters. The van der Waals surface area contributed by atoms with Gasteiger partial charge in [-0.15, -0.1) is 12.3 Å². The van der Waals surface area contributed by atoms with E-state index in [1.165, 1.54) is 25.7 Å². The Morgan fingerprint density at radius 1 is 1.26 bits per heavy atom. The Morgan fingerprint density at radius 3 is 2.68 bits per heavy atom. The molecule has 1 amide bonds. The highest BCUT2D eigenvalue weighted by Gasteiger charge is 2.46. The second-order valence-corrected chi connectivity index (χ2v) is 6.31. The van der Waals surface area contributed by atoms with Gasteiger partial charge in [0.05, 0.1) is 0 Å². The number of piperidine rings is 1. The minimum atomic E-state index is -0.310. The van der Waals surface area contributed by atoms with Gasteiger partial charge in [-0.2, -0.15) is 10.2 Å². The minimum Gasteiger partial charge on any atom is -0.342 e. The van der Waals surface area contributed by atoms with Gasteiger partial charge < -0.3 is 4.90 Å². The van der Waals surface area contributed by atoms with Crippen LogP contribution in [0.15, 0.2) is 10.2 Å². The third-order valence-electron chi connectivity index (χ3n) is 4.76. The highest BCUT2D eigenvalue weighted by Crippen LogP contribution is 2.52. The van der Waals surface area contributed by atoms with Crippen LogP contribution in [-0.2, 0) is 4.79 Å². The van der Waals surface area contributed by atoms with Crippen molar-refractivity contribution in [2.24, 2.45) is 15.6 Å². The number of amides is 1. The SMILES string of the molecule is C#CCCC1(CCC(=O)N2CCCC3(CC3)C2)N=N1. The molecule has 0 bridgehead atoms. The maximum absolute atomic E-state index is 12.3. The molecule has 102 valence electrons. The summed E-state index contributed by atoms with van der Waals surface area (Å²) in [5.74, 6) is 2.90. The predicted molar refractivity (Wildman–Crippen MR) is 72.4 cm³/mol. The lowest BCUT2D eigenvalue weighted by Crippen LogP contribution is -2.41. The second kappa shape index (κ2) is 4.63. The van der Waals surface area contributed by atoms with E-state index in [0.717, 1.165) is 25.9 Å². The minimum absolute atomic E-state index is 0.281. The quantitative estimate of drug-likeness (QED) is 0.700. The van der Waals surface area contributed by atoms with Crippen molar-refractivity contribution in [2.45, 2.75) is 57.0 Å². The Labute approximate surface area is 114 Å². The van der Waals surface area contributed by atoms with E-state index >= 15 is 0 Å². The van der Waals surface area contributed by atoms with E-state index in [1.54, 1.807) is 0 Å². The number of nitrogens with zero attached hydrogens (tertiary/aromatic N) is 3. The molecule has 1 aliphatic carbocycles. The lowest BCUT2D eigenvalue weighted by molar-refractivity contribution is -0.133. The lowest BCUT2D eigenvalue weighted by Gasteiger charge is -2.33. The summed E-state index contributed by atoms with van der Waals surface area (Å²) in [6.45, 7) is 1.92. The molecule has 2 heterocycles. The monoisotopic (exact) mass is 259 g/mol. The summed E-state index contributed by atoms with van der Waals surface area (Å²) in [7, 11) is 0. The fourth-order valence-corrected chi connectivity index (χ4v) is 3.14. The van der Waals surface area contributed by atoms with Crippen LogP contribution in [0.2, 0.25) is 0 Å². The van der Waals surface area contributed by atoms with Crippen molar-refractivity contribution < 1.29 is 4.79 Å². The van der Waals surface area contributed by atoms with E-state index in [2.05, 4.69) is 21.0 Å². The van der Waals surface area contributed by atoms with Gasteiger partial charge in [0.15, 0.2) is 5.66 Å². The van der Waals surface area contributed by atoms with Crippen molar-refractivity contribution in [3.63, 3.8) is 0 Å². The van der Waals surface area contributed by atoms with Gasteiger partial charge in [0.1, 0.15) is 0 Å². The number of carbonyl (C=O) groups excluding carboxylic acids is 1. The van der Waals surface area contributed by atoms with E-state index in [9.17, 15) is 4.79 Å². The molecule has 1 spiro atoms. The normalized spacial score (nSPS) is 25.1. The zero-order valence-electron chi connectivity index (χ0n) is 11.4. The molecule has 3 rings (SSSR count). The maximum atomic E-state index is 12.3. The molecule has 4 heteroatoms. The standard InChI is InChI=1S/C15H21N3O/c1-2-3-7-15(16-17-15)8-5-13(19)18-11-4-6-14(12-18)9-10-14/h1H,3-12H2. The Morgan fingerprint density at radius 2 is 2.05 bits per heavy atom. The molecule has 2 fully saturated rings. The highest BCUT2D eigenvalue weighted by atomic mass is 16.2. The Balaban J connectivity index is 1.45. The van der Waals surface area contributed by atoms with E-state index in [1.807, 2.05) is 0 Å². The first-order valence-electron chi connectivity index (χ1n) is 7.32. The first-order chi connectivity index (χ1) is 9.17. The van der Waals surface area contributed by atoms with Gasteiger partial charge in [-0.1, -0.05) is 0 Å². The summed E-state index contributed by atoms with van der Waals surface area (Å²) in [4.78, 5) is 14.3. The van der Waals surface area contributed by atoms with Crippen LogP contribution in [0.5, 0.6) is 0 Å². The predicted octanol–water partition coefficient (Wildman–Crippen LogP) is 2.74. The Bertz CT molecular complexity index is 439. The third-order valence-corrected chi connectivity index (χ3v) is 4.76. The van der Waals surface area contributed by atoms with Gasteiger partial charge in [0.25, 0.3) is 0 Å². The molecular weight excluding hydrogens is 238 g/mol. The molecule has 0 N–H and O–H groups in total. The molecule has 0 radical (unpaired) electrons. The van der Waals surface area contributed by atoms with Crippen LogP contribution < -0.4 is 0 Å². The van der Waals surface area contributed by atoms with Crippen LogP contribution in [0.1, 0.15) is 51.4 Å². The molecule has 19 heavy (non-hydrogen) atoms. The zero-order valence-corrected chi connectivity index (χ0v) is 11.4. The molecule has 2 aliphatic heterocycles. The molecule has 0 aromatic rings. The molecular formula is C15H21N3O. The highest BCUT2D eigenvalue weighted by molar-refractivity contribution is 5.76. The number of likely N-dealkylation sites (tertiary alicyclic amines) is 1. The van der Waals surface area contributed by atoms with E-state index < -0.39 is 0 Å². The zero-order chi connectivity index (χ0) is 13.3. The third kappa shape index (κ3) is 2.80. The fourth-order valence-electron chi connectivity index (χ4n) is 3.14. The van der Waals surface area contributed by atoms with E-state index in [0.29, 0.717) is 18.3 Å². The summed E-state index contributed by atoms with van der Waals surface area (Å²) in [5, 5.41) is 8.18. The first-order valence-corrected chi connectivity index (χ1v) is 7.32. The summed E-state index contributed by atoms with van der Waals surface area (Å²) >= 11 is 0. The Kier molecular flexibility index (Phi) is 3.08. The largest absolute Gasteiger partial charge is 0.342 e. The van der Waals surface area contributed by atoms with Crippen molar-refractivity contribution in [3.05, 3.63) is 0 Å². The van der Waals surface area contributed by atoms with Crippen LogP contribution in [0, 0.1) is 17.8 Å². The van der Waals surface area contributed by atoms with Gasteiger partial charge in [-0.25, -0.2) is 0 Å². The number of terminal acetylenes is 1. The van der Waals surface area contributed by atoms with Crippen LogP contribution in [-0.4, -0.2) is 29.6 Å². The number of rotatable bonds is 5. The molecule has 3 aliphatic rings. The summed E-state index contributed by atoms with van der Waals surface area (Å²) in [5.41, 5.74) is 0.193. The molecule has 1 saturated heterocycles. The molecule has 4 nitrogen and oxygen atoms in total. The van der Waals surface area contributed by atoms with E-state index in [-0.39, 0.29) is 11.6 Å². The van der Waals surface area contributed by atoms with Crippen LogP contribution in [0.25, 0.3) is 0 Å². The van der Waals surface area contributed by atoms with Crippen LogP contribution in [0.4, 0.5) is 0 Å². The van der Waals surface area contributed by atoms with Crippen molar-refractivity contribution in [1.29, 1.82) is 0 Å². The number of hydrogen-bond donors (Lipinski definition) is 0. The molecule has 1 saturated carbocycles. The van der Waals surface area contributed by atoms with Crippen molar-refractivity contribution >= 4 is 5.91 Å². The summed E-state index contributed by atoms with van der Waals surface area (Å²) < 4.78 is 0. The van der Waals surface area contributed by atoms with Crippen molar-refractivity contribution in [3.8, 4) is 12.3 Å². The van der Waals surface area contributed by atoms with Crippen LogP contribution >= 0.6 is 0 Å². The average molecular weight is 259 g/mol. The lowest BCUT2D eigenvalue weighted by atomic mass is 9.94. The van der Waals surface area contributed by atoms with Gasteiger partial charge in [0, 0.05) is 38.8 Å². The topological polar surface area (TPSA) is 45.0 Å². The second-order valence-electron chi connectivity index (χ2n) is 6.31.